The average Bonchev–Trinajstić information content (AvgIpc) is 1.05. The van der Waals surface area contributed by atoms with Crippen molar-refractivity contribution in [2.24, 2.45) is 23.7 Å². The summed E-state index contributed by atoms with van der Waals surface area (Å²) < 4.78 is 68.6. The van der Waals surface area contributed by atoms with Gasteiger partial charge in [-0.15, -0.1) is 0 Å². The molecule has 0 radical (unpaired) electrons. The van der Waals surface area contributed by atoms with Crippen molar-refractivity contribution in [3.8, 4) is 0 Å². The number of rotatable bonds is 76. The standard InChI is InChI=1S/C79H154O17P2/c1-9-72(8)58-50-42-34-26-22-23-29-37-46-54-62-79(84)95-74(65-89-76(81)59-51-43-35-27-20-16-12-10-14-18-24-31-39-47-55-69(2)3)67-93-97(85,86)91-63-73(80)64-92-98(87,88)94-68-75(66-90-77(82)60-52-44-38-30-33-41-49-57-71(6)7)96-78(83)61-53-45-36-28-21-17-13-11-15-19-25-32-40-48-56-70(4)5/h69-75,80H,9-68H2,1-8H3,(H,85,86)(H,87,88)/t72?,73?,74-,75-/m1/s1. The van der Waals surface area contributed by atoms with Crippen LogP contribution in [0.25, 0.3) is 0 Å². The van der Waals surface area contributed by atoms with Gasteiger partial charge < -0.3 is 33.8 Å². The number of aliphatic hydroxyl groups excluding tert-OH is 1. The van der Waals surface area contributed by atoms with Crippen LogP contribution in [0.2, 0.25) is 0 Å². The van der Waals surface area contributed by atoms with E-state index in [-0.39, 0.29) is 25.7 Å². The number of aliphatic hydroxyl groups is 1. The number of hydrogen-bond donors (Lipinski definition) is 3. The first-order valence-corrected chi connectivity index (χ1v) is 43.7. The van der Waals surface area contributed by atoms with Gasteiger partial charge in [0.25, 0.3) is 0 Å². The minimum atomic E-state index is -4.96. The number of phosphoric acid groups is 2. The van der Waals surface area contributed by atoms with Crippen molar-refractivity contribution in [1.29, 1.82) is 0 Å². The van der Waals surface area contributed by atoms with Crippen molar-refractivity contribution in [1.82, 2.24) is 0 Å². The second kappa shape index (κ2) is 68.2. The first kappa shape index (κ1) is 96.1. The maximum atomic E-state index is 13.1. The lowest BCUT2D eigenvalue weighted by Gasteiger charge is -2.21. The molecule has 0 amide bonds. The van der Waals surface area contributed by atoms with Crippen molar-refractivity contribution in [3.05, 3.63) is 0 Å². The van der Waals surface area contributed by atoms with Gasteiger partial charge in [0.2, 0.25) is 0 Å². The molecule has 582 valence electrons. The number of unbranched alkanes of at least 4 members (excludes halogenated alkanes) is 41. The fourth-order valence-corrected chi connectivity index (χ4v) is 13.6. The molecule has 19 heteroatoms. The minimum Gasteiger partial charge on any atom is -0.462 e. The van der Waals surface area contributed by atoms with E-state index in [4.69, 9.17) is 37.0 Å². The topological polar surface area (TPSA) is 237 Å². The van der Waals surface area contributed by atoms with Crippen LogP contribution < -0.4 is 0 Å². The summed E-state index contributed by atoms with van der Waals surface area (Å²) in [5.74, 6) is 0.985. The van der Waals surface area contributed by atoms with Crippen LogP contribution in [0.15, 0.2) is 0 Å². The highest BCUT2D eigenvalue weighted by molar-refractivity contribution is 7.47. The van der Waals surface area contributed by atoms with Crippen LogP contribution in [0.5, 0.6) is 0 Å². The molecule has 0 aliphatic rings. The smallest absolute Gasteiger partial charge is 0.462 e. The Bertz CT molecular complexity index is 1920. The summed E-state index contributed by atoms with van der Waals surface area (Å²) in [6.07, 6.45) is 54.1. The summed E-state index contributed by atoms with van der Waals surface area (Å²) in [6, 6.07) is 0. The molecule has 4 unspecified atom stereocenters. The van der Waals surface area contributed by atoms with Gasteiger partial charge in [-0.05, 0) is 49.4 Å². The Kier molecular flexibility index (Phi) is 66.8. The van der Waals surface area contributed by atoms with Gasteiger partial charge in [-0.3, -0.25) is 37.3 Å². The van der Waals surface area contributed by atoms with Crippen molar-refractivity contribution in [2.75, 3.05) is 39.6 Å². The Balaban J connectivity index is 5.24. The maximum absolute atomic E-state index is 13.1. The normalized spacial score (nSPS) is 14.3. The zero-order valence-electron chi connectivity index (χ0n) is 64.4. The van der Waals surface area contributed by atoms with Gasteiger partial charge in [0.05, 0.1) is 26.4 Å². The van der Waals surface area contributed by atoms with Crippen molar-refractivity contribution >= 4 is 39.5 Å². The van der Waals surface area contributed by atoms with Gasteiger partial charge in [-0.25, -0.2) is 9.13 Å². The van der Waals surface area contributed by atoms with Crippen LogP contribution in [-0.4, -0.2) is 96.7 Å². The fraction of sp³-hybridized carbons (Fsp3) is 0.949. The lowest BCUT2D eigenvalue weighted by Crippen LogP contribution is -2.30. The van der Waals surface area contributed by atoms with Gasteiger partial charge in [-0.1, -0.05) is 351 Å². The third-order valence-corrected chi connectivity index (χ3v) is 20.6. The Morgan fingerprint density at radius 3 is 0.724 bits per heavy atom. The first-order valence-electron chi connectivity index (χ1n) is 40.7. The zero-order chi connectivity index (χ0) is 72.4. The second-order valence-corrected chi connectivity index (χ2v) is 33.0. The van der Waals surface area contributed by atoms with Gasteiger partial charge in [0.15, 0.2) is 12.2 Å². The third kappa shape index (κ3) is 71.1. The summed E-state index contributed by atoms with van der Waals surface area (Å²) in [6.45, 7) is 14.2. The Morgan fingerprint density at radius 2 is 0.490 bits per heavy atom. The Morgan fingerprint density at radius 1 is 0.286 bits per heavy atom. The summed E-state index contributed by atoms with van der Waals surface area (Å²) >= 11 is 0. The van der Waals surface area contributed by atoms with E-state index in [1.54, 1.807) is 0 Å². The van der Waals surface area contributed by atoms with E-state index < -0.39 is 97.5 Å². The molecule has 3 N–H and O–H groups in total. The SMILES string of the molecule is CCC(C)CCCCCCCCCCCCC(=O)O[C@H](COC(=O)CCCCCCCCCCCCCCCCC(C)C)COP(=O)(O)OCC(O)COP(=O)(O)OC[C@@H](COC(=O)CCCCCCCCCC(C)C)OC(=O)CCCCCCCCCCCCCCCCC(C)C. The Hall–Kier alpha value is -1.94. The number of esters is 4. The zero-order valence-corrected chi connectivity index (χ0v) is 66.2. The number of ether oxygens (including phenoxy) is 4. The van der Waals surface area contributed by atoms with Crippen LogP contribution in [0, 0.1) is 23.7 Å². The predicted octanol–water partition coefficient (Wildman–Crippen LogP) is 23.2. The van der Waals surface area contributed by atoms with Crippen LogP contribution in [0.4, 0.5) is 0 Å². The fourth-order valence-electron chi connectivity index (χ4n) is 12.0. The van der Waals surface area contributed by atoms with Crippen LogP contribution in [-0.2, 0) is 65.4 Å². The first-order chi connectivity index (χ1) is 47.1. The van der Waals surface area contributed by atoms with E-state index in [1.165, 1.54) is 199 Å². The summed E-state index contributed by atoms with van der Waals surface area (Å²) in [4.78, 5) is 72.9. The number of hydrogen-bond acceptors (Lipinski definition) is 15. The van der Waals surface area contributed by atoms with Crippen LogP contribution >= 0.6 is 15.6 Å². The second-order valence-electron chi connectivity index (χ2n) is 30.1. The molecule has 0 saturated heterocycles. The van der Waals surface area contributed by atoms with Gasteiger partial charge in [0, 0.05) is 25.7 Å². The molecule has 0 spiro atoms. The molecular weight excluding hydrogens is 1280 g/mol. The minimum absolute atomic E-state index is 0.106. The lowest BCUT2D eigenvalue weighted by molar-refractivity contribution is -0.161. The summed E-state index contributed by atoms with van der Waals surface area (Å²) in [7, 11) is -9.92. The summed E-state index contributed by atoms with van der Waals surface area (Å²) in [5, 5.41) is 10.6. The van der Waals surface area contributed by atoms with Crippen LogP contribution in [0.3, 0.4) is 0 Å². The molecular formula is C79H154O17P2. The molecule has 0 aliphatic heterocycles. The highest BCUT2D eigenvalue weighted by Gasteiger charge is 2.30. The molecule has 0 aromatic heterocycles. The van der Waals surface area contributed by atoms with Crippen molar-refractivity contribution in [3.63, 3.8) is 0 Å². The van der Waals surface area contributed by atoms with Crippen molar-refractivity contribution in [2.45, 2.75) is 420 Å². The largest absolute Gasteiger partial charge is 0.472 e. The predicted molar refractivity (Wildman–Crippen MR) is 400 cm³/mol. The molecule has 17 nitrogen and oxygen atoms in total. The molecule has 0 rings (SSSR count). The summed E-state index contributed by atoms with van der Waals surface area (Å²) in [5.41, 5.74) is 0. The number of phosphoric ester groups is 2. The van der Waals surface area contributed by atoms with Crippen LogP contribution in [0.1, 0.15) is 402 Å². The lowest BCUT2D eigenvalue weighted by atomic mass is 9.99. The van der Waals surface area contributed by atoms with E-state index >= 15 is 0 Å². The highest BCUT2D eigenvalue weighted by atomic mass is 31.2. The molecule has 98 heavy (non-hydrogen) atoms. The Labute approximate surface area is 600 Å². The molecule has 0 fully saturated rings. The van der Waals surface area contributed by atoms with E-state index in [1.807, 2.05) is 0 Å². The van der Waals surface area contributed by atoms with Gasteiger partial charge in [-0.2, -0.15) is 0 Å². The number of carbonyl (C=O) groups excluding carboxylic acids is 4. The monoisotopic (exact) mass is 1440 g/mol. The molecule has 6 atom stereocenters. The van der Waals surface area contributed by atoms with E-state index in [0.29, 0.717) is 31.6 Å². The molecule has 0 heterocycles. The molecule has 0 aromatic rings. The third-order valence-electron chi connectivity index (χ3n) is 18.7. The molecule has 0 aromatic carbocycles. The van der Waals surface area contributed by atoms with Gasteiger partial charge >= 0.3 is 39.5 Å². The van der Waals surface area contributed by atoms with E-state index in [0.717, 1.165) is 114 Å². The molecule has 0 aliphatic carbocycles. The average molecular weight is 1440 g/mol. The quantitative estimate of drug-likeness (QED) is 0.0222. The molecule has 0 bridgehead atoms. The van der Waals surface area contributed by atoms with E-state index in [9.17, 15) is 43.2 Å². The van der Waals surface area contributed by atoms with E-state index in [2.05, 4.69) is 55.4 Å². The van der Waals surface area contributed by atoms with Gasteiger partial charge in [0.1, 0.15) is 19.3 Å². The number of carbonyl (C=O) groups is 4. The highest BCUT2D eigenvalue weighted by Crippen LogP contribution is 2.45. The molecule has 0 saturated carbocycles. The maximum Gasteiger partial charge on any atom is 0.472 e. The van der Waals surface area contributed by atoms with Crippen molar-refractivity contribution < 1.29 is 80.2 Å².